The van der Waals surface area contributed by atoms with Crippen molar-refractivity contribution in [3.05, 3.63) is 57.2 Å². The van der Waals surface area contributed by atoms with Crippen LogP contribution in [0.25, 0.3) is 0 Å². The average Bonchev–Trinajstić information content (AvgIpc) is 2.42. The SMILES string of the molecule is CCN(C(=O)c1cccc(C)c1I)c1cccc(N)c1. The van der Waals surface area contributed by atoms with Crippen molar-refractivity contribution < 1.29 is 4.79 Å². The summed E-state index contributed by atoms with van der Waals surface area (Å²) in [5, 5.41) is 0. The number of nitrogens with zero attached hydrogens (tertiary/aromatic N) is 1. The molecule has 20 heavy (non-hydrogen) atoms. The van der Waals surface area contributed by atoms with Gasteiger partial charge in [-0.05, 0) is 66.3 Å². The number of rotatable bonds is 3. The molecule has 104 valence electrons. The highest BCUT2D eigenvalue weighted by Gasteiger charge is 2.19. The summed E-state index contributed by atoms with van der Waals surface area (Å²) in [6.45, 7) is 4.57. The third-order valence-corrected chi connectivity index (χ3v) is 4.60. The number of carbonyl (C=O) groups is 1. The second kappa shape index (κ2) is 6.26. The van der Waals surface area contributed by atoms with Crippen molar-refractivity contribution >= 4 is 39.9 Å². The maximum atomic E-state index is 12.7. The highest BCUT2D eigenvalue weighted by Crippen LogP contribution is 2.23. The summed E-state index contributed by atoms with van der Waals surface area (Å²) in [6.07, 6.45) is 0. The number of halogens is 1. The minimum atomic E-state index is 0.00574. The monoisotopic (exact) mass is 380 g/mol. The Hall–Kier alpha value is -1.56. The Balaban J connectivity index is 2.42. The molecule has 0 saturated heterocycles. The van der Waals surface area contributed by atoms with Crippen LogP contribution in [0.5, 0.6) is 0 Å². The molecule has 0 fully saturated rings. The van der Waals surface area contributed by atoms with Gasteiger partial charge in [-0.25, -0.2) is 0 Å². The van der Waals surface area contributed by atoms with E-state index in [4.69, 9.17) is 5.73 Å². The maximum absolute atomic E-state index is 12.7. The molecule has 0 aliphatic carbocycles. The van der Waals surface area contributed by atoms with E-state index in [1.165, 1.54) is 0 Å². The first kappa shape index (κ1) is 14.8. The van der Waals surface area contributed by atoms with E-state index in [1.54, 1.807) is 4.90 Å². The first-order valence-corrected chi connectivity index (χ1v) is 7.55. The van der Waals surface area contributed by atoms with Crippen LogP contribution in [0.4, 0.5) is 11.4 Å². The lowest BCUT2D eigenvalue weighted by Crippen LogP contribution is -2.31. The van der Waals surface area contributed by atoms with E-state index in [0.29, 0.717) is 12.2 Å². The smallest absolute Gasteiger partial charge is 0.259 e. The fourth-order valence-electron chi connectivity index (χ4n) is 2.09. The van der Waals surface area contributed by atoms with Gasteiger partial charge in [-0.1, -0.05) is 18.2 Å². The molecule has 1 amide bonds. The number of hydrogen-bond acceptors (Lipinski definition) is 2. The lowest BCUT2D eigenvalue weighted by Gasteiger charge is -2.22. The number of anilines is 2. The van der Waals surface area contributed by atoms with E-state index in [9.17, 15) is 4.79 Å². The number of nitrogen functional groups attached to an aromatic ring is 1. The molecule has 3 nitrogen and oxygen atoms in total. The standard InChI is InChI=1S/C16H17IN2O/c1-3-19(13-8-5-7-12(18)10-13)16(20)14-9-4-6-11(2)15(14)17/h4-10H,3,18H2,1-2H3. The average molecular weight is 380 g/mol. The van der Waals surface area contributed by atoms with E-state index >= 15 is 0 Å². The molecule has 0 aliphatic heterocycles. The molecule has 4 heteroatoms. The van der Waals surface area contributed by atoms with Gasteiger partial charge >= 0.3 is 0 Å². The number of amides is 1. The Kier molecular flexibility index (Phi) is 4.65. The van der Waals surface area contributed by atoms with Gasteiger partial charge in [0.05, 0.1) is 5.56 Å². The molecule has 2 N–H and O–H groups in total. The Labute approximate surface area is 132 Å². The van der Waals surface area contributed by atoms with Crippen LogP contribution in [-0.4, -0.2) is 12.5 Å². The number of nitrogens with two attached hydrogens (primary N) is 1. The quantitative estimate of drug-likeness (QED) is 0.650. The van der Waals surface area contributed by atoms with E-state index in [1.807, 2.05) is 56.3 Å². The number of carbonyl (C=O) groups excluding carboxylic acids is 1. The molecule has 0 aliphatic rings. The molecule has 0 aromatic heterocycles. The summed E-state index contributed by atoms with van der Waals surface area (Å²) in [5.74, 6) is 0.00574. The Morgan fingerprint density at radius 1 is 1.25 bits per heavy atom. The molecule has 0 radical (unpaired) electrons. The molecular formula is C16H17IN2O. The molecule has 2 rings (SSSR count). The number of hydrogen-bond donors (Lipinski definition) is 1. The van der Waals surface area contributed by atoms with Gasteiger partial charge in [-0.15, -0.1) is 0 Å². The van der Waals surface area contributed by atoms with E-state index in [0.717, 1.165) is 20.4 Å². The molecule has 2 aromatic rings. The molecule has 0 unspecified atom stereocenters. The van der Waals surface area contributed by atoms with Gasteiger partial charge in [0, 0.05) is 21.5 Å². The number of benzene rings is 2. The van der Waals surface area contributed by atoms with Crippen LogP contribution in [0.15, 0.2) is 42.5 Å². The largest absolute Gasteiger partial charge is 0.399 e. The summed E-state index contributed by atoms with van der Waals surface area (Å²) in [5.41, 5.74) is 9.14. The summed E-state index contributed by atoms with van der Waals surface area (Å²) in [4.78, 5) is 14.5. The molecule has 0 bridgehead atoms. The predicted octanol–water partition coefficient (Wildman–Crippen LogP) is 3.85. The van der Waals surface area contributed by atoms with Crippen molar-refractivity contribution in [3.63, 3.8) is 0 Å². The van der Waals surface area contributed by atoms with Crippen molar-refractivity contribution in [2.45, 2.75) is 13.8 Å². The summed E-state index contributed by atoms with van der Waals surface area (Å²) < 4.78 is 0.998. The molecule has 0 spiro atoms. The van der Waals surface area contributed by atoms with Gasteiger partial charge in [0.15, 0.2) is 0 Å². The Morgan fingerprint density at radius 2 is 1.95 bits per heavy atom. The van der Waals surface area contributed by atoms with Crippen LogP contribution in [-0.2, 0) is 0 Å². The van der Waals surface area contributed by atoms with Crippen molar-refractivity contribution in [1.29, 1.82) is 0 Å². The molecular weight excluding hydrogens is 363 g/mol. The van der Waals surface area contributed by atoms with Gasteiger partial charge < -0.3 is 10.6 Å². The molecule has 0 atom stereocenters. The van der Waals surface area contributed by atoms with E-state index in [2.05, 4.69) is 22.6 Å². The molecule has 0 heterocycles. The minimum absolute atomic E-state index is 0.00574. The second-order valence-electron chi connectivity index (χ2n) is 4.58. The second-order valence-corrected chi connectivity index (χ2v) is 5.66. The predicted molar refractivity (Wildman–Crippen MR) is 92.1 cm³/mol. The molecule has 2 aromatic carbocycles. The fraction of sp³-hybridized carbons (Fsp3) is 0.188. The zero-order chi connectivity index (χ0) is 14.7. The Morgan fingerprint density at radius 3 is 2.60 bits per heavy atom. The highest BCUT2D eigenvalue weighted by atomic mass is 127. The zero-order valence-electron chi connectivity index (χ0n) is 11.6. The highest BCUT2D eigenvalue weighted by molar-refractivity contribution is 14.1. The normalized spacial score (nSPS) is 10.3. The van der Waals surface area contributed by atoms with Crippen molar-refractivity contribution in [2.75, 3.05) is 17.2 Å². The lowest BCUT2D eigenvalue weighted by atomic mass is 10.1. The lowest BCUT2D eigenvalue weighted by molar-refractivity contribution is 0.0987. The van der Waals surface area contributed by atoms with Gasteiger partial charge in [-0.3, -0.25) is 4.79 Å². The third kappa shape index (κ3) is 2.95. The summed E-state index contributed by atoms with van der Waals surface area (Å²) >= 11 is 2.22. The van der Waals surface area contributed by atoms with Crippen LogP contribution in [0.3, 0.4) is 0 Å². The first-order chi connectivity index (χ1) is 9.54. The zero-order valence-corrected chi connectivity index (χ0v) is 13.7. The van der Waals surface area contributed by atoms with Crippen LogP contribution in [0.1, 0.15) is 22.8 Å². The maximum Gasteiger partial charge on any atom is 0.259 e. The van der Waals surface area contributed by atoms with Crippen molar-refractivity contribution in [3.8, 4) is 0 Å². The first-order valence-electron chi connectivity index (χ1n) is 6.47. The Bertz CT molecular complexity index is 640. The van der Waals surface area contributed by atoms with Gasteiger partial charge in [0.2, 0.25) is 0 Å². The fourth-order valence-corrected chi connectivity index (χ4v) is 2.68. The van der Waals surface area contributed by atoms with Crippen molar-refractivity contribution in [2.24, 2.45) is 0 Å². The van der Waals surface area contributed by atoms with Gasteiger partial charge in [-0.2, -0.15) is 0 Å². The minimum Gasteiger partial charge on any atom is -0.399 e. The third-order valence-electron chi connectivity index (χ3n) is 3.17. The van der Waals surface area contributed by atoms with Crippen LogP contribution in [0.2, 0.25) is 0 Å². The summed E-state index contributed by atoms with van der Waals surface area (Å²) in [6, 6.07) is 13.2. The van der Waals surface area contributed by atoms with Crippen molar-refractivity contribution in [1.82, 2.24) is 0 Å². The van der Waals surface area contributed by atoms with E-state index < -0.39 is 0 Å². The topological polar surface area (TPSA) is 46.3 Å². The van der Waals surface area contributed by atoms with E-state index in [-0.39, 0.29) is 5.91 Å². The number of aryl methyl sites for hydroxylation is 1. The molecule has 0 saturated carbocycles. The van der Waals surface area contributed by atoms with Crippen LogP contribution < -0.4 is 10.6 Å². The van der Waals surface area contributed by atoms with Gasteiger partial charge in [0.1, 0.15) is 0 Å². The summed E-state index contributed by atoms with van der Waals surface area (Å²) in [7, 11) is 0. The van der Waals surface area contributed by atoms with Crippen LogP contribution >= 0.6 is 22.6 Å². The van der Waals surface area contributed by atoms with Gasteiger partial charge in [0.25, 0.3) is 5.91 Å². The van der Waals surface area contributed by atoms with Crippen LogP contribution in [0, 0.1) is 10.5 Å².